The van der Waals surface area contributed by atoms with Crippen molar-refractivity contribution in [2.24, 2.45) is 0 Å². The first-order valence-corrected chi connectivity index (χ1v) is 9.00. The lowest BCUT2D eigenvalue weighted by Crippen LogP contribution is -2.26. The molecule has 0 aliphatic carbocycles. The summed E-state index contributed by atoms with van der Waals surface area (Å²) in [5.41, 5.74) is 1.31. The van der Waals surface area contributed by atoms with Gasteiger partial charge in [-0.05, 0) is 30.7 Å². The summed E-state index contributed by atoms with van der Waals surface area (Å²) in [6, 6.07) is 16.5. The zero-order chi connectivity index (χ0) is 21.7. The average Bonchev–Trinajstić information content (AvgIpc) is 2.72. The highest BCUT2D eigenvalue weighted by molar-refractivity contribution is 5.96. The van der Waals surface area contributed by atoms with Crippen molar-refractivity contribution in [2.45, 2.75) is 13.0 Å². The van der Waals surface area contributed by atoms with Crippen LogP contribution in [0, 0.1) is 22.9 Å². The first-order valence-electron chi connectivity index (χ1n) is 9.00. The molecule has 0 fully saturated rings. The van der Waals surface area contributed by atoms with Crippen molar-refractivity contribution < 1.29 is 23.6 Å². The first kappa shape index (κ1) is 20.8. The molecule has 7 nitrogen and oxygen atoms in total. The molecule has 8 heteroatoms. The molecule has 30 heavy (non-hydrogen) atoms. The third kappa shape index (κ3) is 4.72. The van der Waals surface area contributed by atoms with Crippen molar-refractivity contribution >= 4 is 17.3 Å². The SMILES string of the molecule is COc1ccc(C)cc1NC(=O)[C@@H](Oc1cc(F)ccc1[N+](=O)[O-])c1ccccc1. The predicted octanol–water partition coefficient (Wildman–Crippen LogP) is 4.81. The van der Waals surface area contributed by atoms with Crippen molar-refractivity contribution in [2.75, 3.05) is 12.4 Å². The predicted molar refractivity (Wildman–Crippen MR) is 109 cm³/mol. The maximum absolute atomic E-state index is 13.7. The van der Waals surface area contributed by atoms with Crippen molar-refractivity contribution in [3.8, 4) is 11.5 Å². The van der Waals surface area contributed by atoms with E-state index in [1.807, 2.05) is 13.0 Å². The van der Waals surface area contributed by atoms with E-state index in [9.17, 15) is 19.3 Å². The van der Waals surface area contributed by atoms with Gasteiger partial charge in [-0.2, -0.15) is 0 Å². The minimum Gasteiger partial charge on any atom is -0.495 e. The lowest BCUT2D eigenvalue weighted by Gasteiger charge is -2.20. The molecule has 3 aromatic carbocycles. The number of halogens is 1. The van der Waals surface area contributed by atoms with Crippen molar-refractivity contribution in [3.63, 3.8) is 0 Å². The van der Waals surface area contributed by atoms with E-state index in [1.165, 1.54) is 7.11 Å². The maximum Gasteiger partial charge on any atom is 0.311 e. The Hall–Kier alpha value is -3.94. The number of methoxy groups -OCH3 is 1. The number of benzene rings is 3. The molecule has 0 aliphatic heterocycles. The van der Waals surface area contributed by atoms with Crippen LogP contribution in [0.2, 0.25) is 0 Å². The zero-order valence-corrected chi connectivity index (χ0v) is 16.3. The van der Waals surface area contributed by atoms with Crippen LogP contribution in [0.3, 0.4) is 0 Å². The van der Waals surface area contributed by atoms with Gasteiger partial charge >= 0.3 is 5.69 Å². The maximum atomic E-state index is 13.7. The van der Waals surface area contributed by atoms with Gasteiger partial charge in [-0.25, -0.2) is 4.39 Å². The van der Waals surface area contributed by atoms with Crippen LogP contribution >= 0.6 is 0 Å². The molecule has 3 aromatic rings. The van der Waals surface area contributed by atoms with Gasteiger partial charge < -0.3 is 14.8 Å². The number of ether oxygens (including phenoxy) is 2. The molecule has 0 heterocycles. The Kier molecular flexibility index (Phi) is 6.26. The minimum atomic E-state index is -1.27. The molecule has 1 N–H and O–H groups in total. The number of anilines is 1. The molecule has 0 radical (unpaired) electrons. The Balaban J connectivity index is 1.99. The Bertz CT molecular complexity index is 1070. The van der Waals surface area contributed by atoms with Crippen molar-refractivity contribution in [1.29, 1.82) is 0 Å². The van der Waals surface area contributed by atoms with Gasteiger partial charge in [-0.1, -0.05) is 36.4 Å². The summed E-state index contributed by atoms with van der Waals surface area (Å²) in [5.74, 6) is -1.22. The number of amides is 1. The molecule has 1 amide bonds. The van der Waals surface area contributed by atoms with Crippen LogP contribution in [0.4, 0.5) is 15.8 Å². The number of carbonyl (C=O) groups excluding carboxylic acids is 1. The Morgan fingerprint density at radius 1 is 1.07 bits per heavy atom. The molecule has 0 bridgehead atoms. The third-order valence-corrected chi connectivity index (χ3v) is 4.32. The second kappa shape index (κ2) is 9.04. The highest BCUT2D eigenvalue weighted by atomic mass is 19.1. The van der Waals surface area contributed by atoms with Gasteiger partial charge in [0.15, 0.2) is 0 Å². The number of hydrogen-bond donors (Lipinski definition) is 1. The molecule has 0 saturated heterocycles. The van der Waals surface area contributed by atoms with Crippen LogP contribution in [0.25, 0.3) is 0 Å². The molecule has 0 saturated carbocycles. The van der Waals surface area contributed by atoms with E-state index in [-0.39, 0.29) is 5.75 Å². The first-order chi connectivity index (χ1) is 14.4. The fraction of sp³-hybridized carbons (Fsp3) is 0.136. The third-order valence-electron chi connectivity index (χ3n) is 4.32. The second-order valence-electron chi connectivity index (χ2n) is 6.47. The number of nitrogens with one attached hydrogen (secondary N) is 1. The number of nitro groups is 1. The van der Waals surface area contributed by atoms with E-state index in [1.54, 1.807) is 42.5 Å². The van der Waals surface area contributed by atoms with Crippen LogP contribution in [0.5, 0.6) is 11.5 Å². The second-order valence-corrected chi connectivity index (χ2v) is 6.47. The number of carbonyl (C=O) groups is 1. The summed E-state index contributed by atoms with van der Waals surface area (Å²) < 4.78 is 24.7. The quantitative estimate of drug-likeness (QED) is 0.446. The Labute approximate surface area is 172 Å². The minimum absolute atomic E-state index is 0.347. The van der Waals surface area contributed by atoms with Gasteiger partial charge in [0.25, 0.3) is 5.91 Å². The highest BCUT2D eigenvalue weighted by Crippen LogP contribution is 2.33. The molecule has 0 spiro atoms. The summed E-state index contributed by atoms with van der Waals surface area (Å²) in [7, 11) is 1.47. The number of nitro benzene ring substituents is 1. The Morgan fingerprint density at radius 2 is 1.80 bits per heavy atom. The summed E-state index contributed by atoms with van der Waals surface area (Å²) in [4.78, 5) is 23.7. The molecular weight excluding hydrogens is 391 g/mol. The van der Waals surface area contributed by atoms with Crippen LogP contribution in [0.15, 0.2) is 66.7 Å². The van der Waals surface area contributed by atoms with E-state index in [0.29, 0.717) is 17.0 Å². The van der Waals surface area contributed by atoms with Crippen LogP contribution in [-0.2, 0) is 4.79 Å². The Morgan fingerprint density at radius 3 is 2.47 bits per heavy atom. The van der Waals surface area contributed by atoms with E-state index >= 15 is 0 Å². The van der Waals surface area contributed by atoms with Crippen LogP contribution in [-0.4, -0.2) is 17.9 Å². The van der Waals surface area contributed by atoms with E-state index in [0.717, 1.165) is 23.8 Å². The number of rotatable bonds is 7. The van der Waals surface area contributed by atoms with Crippen molar-refractivity contribution in [1.82, 2.24) is 0 Å². The van der Waals surface area contributed by atoms with E-state index in [4.69, 9.17) is 9.47 Å². The van der Waals surface area contributed by atoms with Gasteiger partial charge in [0.05, 0.1) is 17.7 Å². The van der Waals surface area contributed by atoms with Gasteiger partial charge in [0.1, 0.15) is 11.6 Å². The topological polar surface area (TPSA) is 90.7 Å². The van der Waals surface area contributed by atoms with Gasteiger partial charge in [0.2, 0.25) is 11.9 Å². The highest BCUT2D eigenvalue weighted by Gasteiger charge is 2.27. The fourth-order valence-electron chi connectivity index (χ4n) is 2.88. The normalized spacial score (nSPS) is 11.4. The van der Waals surface area contributed by atoms with Gasteiger partial charge in [-0.15, -0.1) is 0 Å². The summed E-state index contributed by atoms with van der Waals surface area (Å²) in [6.45, 7) is 1.86. The molecule has 3 rings (SSSR count). The summed E-state index contributed by atoms with van der Waals surface area (Å²) in [6.07, 6.45) is -1.27. The standard InChI is InChI=1S/C22H19FN2O5/c1-14-8-11-19(29-2)17(12-14)24-22(26)21(15-6-4-3-5-7-15)30-20-13-16(23)9-10-18(20)25(27)28/h3-13,21H,1-2H3,(H,24,26)/t21-/m0/s1. The number of nitrogens with zero attached hydrogens (tertiary/aromatic N) is 1. The molecule has 1 atom stereocenters. The fourth-order valence-corrected chi connectivity index (χ4v) is 2.88. The lowest BCUT2D eigenvalue weighted by atomic mass is 10.1. The number of hydrogen-bond acceptors (Lipinski definition) is 5. The summed E-state index contributed by atoms with van der Waals surface area (Å²) >= 11 is 0. The van der Waals surface area contributed by atoms with Gasteiger partial charge in [-0.3, -0.25) is 14.9 Å². The van der Waals surface area contributed by atoms with Gasteiger partial charge in [0, 0.05) is 17.7 Å². The molecule has 154 valence electrons. The zero-order valence-electron chi connectivity index (χ0n) is 16.3. The van der Waals surface area contributed by atoms with Crippen molar-refractivity contribution in [3.05, 3.63) is 93.8 Å². The monoisotopic (exact) mass is 410 g/mol. The molecule has 0 aliphatic rings. The average molecular weight is 410 g/mol. The molecule has 0 unspecified atom stereocenters. The molecular formula is C22H19FN2O5. The lowest BCUT2D eigenvalue weighted by molar-refractivity contribution is -0.386. The van der Waals surface area contributed by atoms with E-state index in [2.05, 4.69) is 5.32 Å². The largest absolute Gasteiger partial charge is 0.495 e. The molecule has 0 aromatic heterocycles. The van der Waals surface area contributed by atoms with E-state index < -0.39 is 28.4 Å². The summed E-state index contributed by atoms with van der Waals surface area (Å²) in [5, 5.41) is 14.1. The number of aryl methyl sites for hydroxylation is 1. The van der Waals surface area contributed by atoms with Crippen LogP contribution < -0.4 is 14.8 Å². The smallest absolute Gasteiger partial charge is 0.311 e. The van der Waals surface area contributed by atoms with Crippen LogP contribution in [0.1, 0.15) is 17.2 Å².